The van der Waals surface area contributed by atoms with E-state index in [0.29, 0.717) is 6.54 Å². The number of amides is 1. The maximum Gasteiger partial charge on any atom is 0.233 e. The highest BCUT2D eigenvalue weighted by Gasteiger charge is 2.13. The fraction of sp³-hybridized carbons (Fsp3) is 0.235. The maximum atomic E-state index is 12.1. The Morgan fingerprint density at radius 1 is 1.14 bits per heavy atom. The van der Waals surface area contributed by atoms with Crippen molar-refractivity contribution >= 4 is 23.4 Å². The Balaban J connectivity index is 1.84. The van der Waals surface area contributed by atoms with Crippen LogP contribution in [0.5, 0.6) is 0 Å². The molecular weight excluding hydrogens is 280 g/mol. The molecule has 2 aromatic rings. The van der Waals surface area contributed by atoms with Crippen molar-refractivity contribution in [1.82, 2.24) is 5.32 Å². The summed E-state index contributed by atoms with van der Waals surface area (Å²) in [6.07, 6.45) is 0. The molecule has 21 heavy (non-hydrogen) atoms. The molecule has 0 radical (unpaired) electrons. The molecule has 3 N–H and O–H groups in total. The van der Waals surface area contributed by atoms with Gasteiger partial charge >= 0.3 is 0 Å². The molecule has 0 fully saturated rings. The number of nitrogens with one attached hydrogen (secondary N) is 1. The molecule has 0 saturated carbocycles. The molecule has 0 heterocycles. The highest BCUT2D eigenvalue weighted by molar-refractivity contribution is 8.00. The number of rotatable bonds is 5. The van der Waals surface area contributed by atoms with Gasteiger partial charge in [0.2, 0.25) is 5.91 Å². The first kappa shape index (κ1) is 15.4. The van der Waals surface area contributed by atoms with E-state index in [1.807, 2.05) is 62.4 Å². The number of benzene rings is 2. The highest BCUT2D eigenvalue weighted by Crippen LogP contribution is 2.24. The lowest BCUT2D eigenvalue weighted by molar-refractivity contribution is -0.120. The van der Waals surface area contributed by atoms with Crippen LogP contribution >= 0.6 is 11.8 Å². The van der Waals surface area contributed by atoms with Gasteiger partial charge in [0.15, 0.2) is 0 Å². The van der Waals surface area contributed by atoms with Crippen LogP contribution in [0.1, 0.15) is 18.1 Å². The zero-order valence-electron chi connectivity index (χ0n) is 12.3. The largest absolute Gasteiger partial charge is 0.399 e. The molecule has 1 amide bonds. The number of anilines is 1. The second-order valence-electron chi connectivity index (χ2n) is 5.03. The summed E-state index contributed by atoms with van der Waals surface area (Å²) < 4.78 is 0. The molecule has 0 aliphatic carbocycles. The lowest BCUT2D eigenvalue weighted by atomic mass is 10.1. The Labute approximate surface area is 129 Å². The summed E-state index contributed by atoms with van der Waals surface area (Å²) in [5.41, 5.74) is 8.71. The van der Waals surface area contributed by atoms with E-state index in [9.17, 15) is 4.79 Å². The van der Waals surface area contributed by atoms with Crippen LogP contribution in [0.25, 0.3) is 0 Å². The summed E-state index contributed by atoms with van der Waals surface area (Å²) in [5, 5.41) is 2.83. The van der Waals surface area contributed by atoms with Crippen LogP contribution in [0.15, 0.2) is 53.4 Å². The average molecular weight is 300 g/mol. The molecule has 0 spiro atoms. The van der Waals surface area contributed by atoms with Crippen molar-refractivity contribution in [2.75, 3.05) is 5.73 Å². The number of carbonyl (C=O) groups is 1. The van der Waals surface area contributed by atoms with Crippen LogP contribution in [0, 0.1) is 6.92 Å². The summed E-state index contributed by atoms with van der Waals surface area (Å²) in [5.74, 6) is 0.0393. The van der Waals surface area contributed by atoms with Crippen LogP contribution in [0.4, 0.5) is 5.69 Å². The van der Waals surface area contributed by atoms with E-state index < -0.39 is 0 Å². The molecule has 1 unspecified atom stereocenters. The van der Waals surface area contributed by atoms with Crippen molar-refractivity contribution in [3.8, 4) is 0 Å². The van der Waals surface area contributed by atoms with E-state index in [0.717, 1.165) is 16.1 Å². The first-order valence-corrected chi connectivity index (χ1v) is 7.78. The van der Waals surface area contributed by atoms with Crippen LogP contribution < -0.4 is 11.1 Å². The second-order valence-corrected chi connectivity index (χ2v) is 6.45. The second kappa shape index (κ2) is 7.18. The summed E-state index contributed by atoms with van der Waals surface area (Å²) in [7, 11) is 0. The van der Waals surface area contributed by atoms with Gasteiger partial charge in [0, 0.05) is 17.1 Å². The van der Waals surface area contributed by atoms with Gasteiger partial charge in [-0.05, 0) is 43.7 Å². The van der Waals surface area contributed by atoms with Crippen molar-refractivity contribution in [1.29, 1.82) is 0 Å². The lowest BCUT2D eigenvalue weighted by Crippen LogP contribution is -2.30. The van der Waals surface area contributed by atoms with Gasteiger partial charge < -0.3 is 11.1 Å². The SMILES string of the molecule is Cc1ccc(CNC(=O)C(C)Sc2ccc(N)cc2)cc1. The summed E-state index contributed by atoms with van der Waals surface area (Å²) in [4.78, 5) is 13.1. The molecule has 0 saturated heterocycles. The molecular formula is C17H20N2OS. The number of hydrogen-bond donors (Lipinski definition) is 2. The third-order valence-corrected chi connectivity index (χ3v) is 4.26. The Hall–Kier alpha value is -1.94. The molecule has 0 bridgehead atoms. The van der Waals surface area contributed by atoms with Gasteiger partial charge in [0.05, 0.1) is 5.25 Å². The first-order valence-electron chi connectivity index (χ1n) is 6.90. The monoisotopic (exact) mass is 300 g/mol. The smallest absolute Gasteiger partial charge is 0.233 e. The zero-order valence-corrected chi connectivity index (χ0v) is 13.1. The Morgan fingerprint density at radius 2 is 1.76 bits per heavy atom. The van der Waals surface area contributed by atoms with Crippen LogP contribution in [0.2, 0.25) is 0 Å². The fourth-order valence-corrected chi connectivity index (χ4v) is 2.73. The van der Waals surface area contributed by atoms with E-state index >= 15 is 0 Å². The average Bonchev–Trinajstić information content (AvgIpc) is 2.48. The van der Waals surface area contributed by atoms with Gasteiger partial charge in [-0.3, -0.25) is 4.79 Å². The van der Waals surface area contributed by atoms with Crippen molar-refractivity contribution < 1.29 is 4.79 Å². The molecule has 110 valence electrons. The van der Waals surface area contributed by atoms with Crippen LogP contribution in [-0.4, -0.2) is 11.2 Å². The predicted octanol–water partition coefficient (Wildman–Crippen LogP) is 3.37. The predicted molar refractivity (Wildman–Crippen MR) is 89.2 cm³/mol. The fourth-order valence-electron chi connectivity index (χ4n) is 1.84. The highest BCUT2D eigenvalue weighted by atomic mass is 32.2. The molecule has 4 heteroatoms. The van der Waals surface area contributed by atoms with E-state index in [-0.39, 0.29) is 11.2 Å². The van der Waals surface area contributed by atoms with Gasteiger partial charge in [0.1, 0.15) is 0 Å². The van der Waals surface area contributed by atoms with Gasteiger partial charge in [-0.2, -0.15) is 0 Å². The van der Waals surface area contributed by atoms with Crippen molar-refractivity contribution in [2.24, 2.45) is 0 Å². The summed E-state index contributed by atoms with van der Waals surface area (Å²) >= 11 is 1.53. The molecule has 2 aromatic carbocycles. The van der Waals surface area contributed by atoms with Crippen molar-refractivity contribution in [3.05, 3.63) is 59.7 Å². The van der Waals surface area contributed by atoms with E-state index in [1.165, 1.54) is 17.3 Å². The number of aryl methyl sites for hydroxylation is 1. The van der Waals surface area contributed by atoms with Crippen molar-refractivity contribution in [3.63, 3.8) is 0 Å². The molecule has 0 aliphatic heterocycles. The number of hydrogen-bond acceptors (Lipinski definition) is 3. The minimum absolute atomic E-state index is 0.0393. The standard InChI is InChI=1S/C17H20N2OS/c1-12-3-5-14(6-4-12)11-19-17(20)13(2)21-16-9-7-15(18)8-10-16/h3-10,13H,11,18H2,1-2H3,(H,19,20). The third kappa shape index (κ3) is 4.83. The Kier molecular flexibility index (Phi) is 5.28. The zero-order chi connectivity index (χ0) is 15.2. The molecule has 0 aromatic heterocycles. The van der Waals surface area contributed by atoms with Gasteiger partial charge in [-0.25, -0.2) is 0 Å². The lowest BCUT2D eigenvalue weighted by Gasteiger charge is -2.12. The van der Waals surface area contributed by atoms with Crippen LogP contribution in [-0.2, 0) is 11.3 Å². The normalized spacial score (nSPS) is 11.9. The minimum Gasteiger partial charge on any atom is -0.399 e. The maximum absolute atomic E-state index is 12.1. The first-order chi connectivity index (χ1) is 10.0. The molecule has 3 nitrogen and oxygen atoms in total. The quantitative estimate of drug-likeness (QED) is 0.657. The van der Waals surface area contributed by atoms with Gasteiger partial charge in [-0.1, -0.05) is 29.8 Å². The topological polar surface area (TPSA) is 55.1 Å². The minimum atomic E-state index is -0.140. The number of carbonyl (C=O) groups excluding carboxylic acids is 1. The summed E-state index contributed by atoms with van der Waals surface area (Å²) in [6, 6.07) is 15.7. The number of nitrogen functional groups attached to an aromatic ring is 1. The summed E-state index contributed by atoms with van der Waals surface area (Å²) in [6.45, 7) is 4.52. The van der Waals surface area contributed by atoms with Gasteiger partial charge in [0.25, 0.3) is 0 Å². The third-order valence-electron chi connectivity index (χ3n) is 3.15. The van der Waals surface area contributed by atoms with Crippen molar-refractivity contribution in [2.45, 2.75) is 30.5 Å². The van der Waals surface area contributed by atoms with E-state index in [1.54, 1.807) is 0 Å². The Bertz CT molecular complexity index is 593. The number of thioether (sulfide) groups is 1. The van der Waals surface area contributed by atoms with Gasteiger partial charge in [-0.15, -0.1) is 11.8 Å². The molecule has 2 rings (SSSR count). The number of nitrogens with two attached hydrogens (primary N) is 1. The molecule has 1 atom stereocenters. The Morgan fingerprint density at radius 3 is 2.38 bits per heavy atom. The molecule has 0 aliphatic rings. The van der Waals surface area contributed by atoms with E-state index in [2.05, 4.69) is 5.32 Å². The van der Waals surface area contributed by atoms with Crippen LogP contribution in [0.3, 0.4) is 0 Å². The van der Waals surface area contributed by atoms with E-state index in [4.69, 9.17) is 5.73 Å².